The molecule has 18 heavy (non-hydrogen) atoms. The van der Waals surface area contributed by atoms with Crippen LogP contribution in [0.5, 0.6) is 0 Å². The van der Waals surface area contributed by atoms with Crippen molar-refractivity contribution in [3.63, 3.8) is 0 Å². The predicted molar refractivity (Wildman–Crippen MR) is 74.6 cm³/mol. The Kier molecular flexibility index (Phi) is 4.94. The van der Waals surface area contributed by atoms with Crippen molar-refractivity contribution in [2.45, 2.75) is 32.6 Å². The molecule has 0 unspecified atom stereocenters. The van der Waals surface area contributed by atoms with Crippen molar-refractivity contribution in [3.05, 3.63) is 35.9 Å². The first kappa shape index (κ1) is 13.3. The van der Waals surface area contributed by atoms with E-state index in [1.165, 1.54) is 18.5 Å². The molecule has 1 fully saturated rings. The summed E-state index contributed by atoms with van der Waals surface area (Å²) < 4.78 is 0. The van der Waals surface area contributed by atoms with Gasteiger partial charge >= 0.3 is 0 Å². The second-order valence-electron chi connectivity index (χ2n) is 5.32. The molecular weight excluding hydrogens is 222 g/mol. The Bertz CT molecular complexity index is 366. The highest BCUT2D eigenvalue weighted by molar-refractivity contribution is 5.78. The topological polar surface area (TPSA) is 20.3 Å². The van der Waals surface area contributed by atoms with E-state index in [1.54, 1.807) is 6.92 Å². The average molecular weight is 245 g/mol. The quantitative estimate of drug-likeness (QED) is 0.795. The van der Waals surface area contributed by atoms with Gasteiger partial charge in [0.05, 0.1) is 0 Å². The predicted octanol–water partition coefficient (Wildman–Crippen LogP) is 2.92. The number of hydrogen-bond acceptors (Lipinski definition) is 2. The molecule has 0 N–H and O–H groups in total. The van der Waals surface area contributed by atoms with E-state index in [0.29, 0.717) is 11.7 Å². The molecule has 0 radical (unpaired) electrons. The Morgan fingerprint density at radius 2 is 1.89 bits per heavy atom. The van der Waals surface area contributed by atoms with Gasteiger partial charge in [0.25, 0.3) is 0 Å². The van der Waals surface area contributed by atoms with E-state index in [0.717, 1.165) is 32.4 Å². The fraction of sp³-hybridized carbons (Fsp3) is 0.562. The normalized spacial score (nSPS) is 17.8. The molecule has 0 saturated carbocycles. The first-order chi connectivity index (χ1) is 8.75. The lowest BCUT2D eigenvalue weighted by atomic mass is 9.93. The summed E-state index contributed by atoms with van der Waals surface area (Å²) in [5.74, 6) is 0.703. The van der Waals surface area contributed by atoms with Crippen molar-refractivity contribution >= 4 is 5.78 Å². The molecule has 0 aromatic heterocycles. The summed E-state index contributed by atoms with van der Waals surface area (Å²) >= 11 is 0. The number of hydrogen-bond donors (Lipinski definition) is 0. The van der Waals surface area contributed by atoms with Crippen LogP contribution in [-0.2, 0) is 11.2 Å². The van der Waals surface area contributed by atoms with Gasteiger partial charge in [0.1, 0.15) is 5.78 Å². The molecule has 0 bridgehead atoms. The molecule has 2 heteroatoms. The van der Waals surface area contributed by atoms with E-state index >= 15 is 0 Å². The summed E-state index contributed by atoms with van der Waals surface area (Å²) in [6.07, 6.45) is 4.49. The van der Waals surface area contributed by atoms with Crippen LogP contribution < -0.4 is 0 Å². The van der Waals surface area contributed by atoms with Crippen LogP contribution in [0.3, 0.4) is 0 Å². The molecule has 0 aliphatic carbocycles. The number of likely N-dealkylation sites (tertiary alicyclic amines) is 1. The second-order valence-corrected chi connectivity index (χ2v) is 5.32. The number of aryl methyl sites for hydroxylation is 1. The molecular formula is C16H23NO. The van der Waals surface area contributed by atoms with Crippen molar-refractivity contribution < 1.29 is 4.79 Å². The van der Waals surface area contributed by atoms with E-state index in [9.17, 15) is 4.79 Å². The monoisotopic (exact) mass is 245 g/mol. The molecule has 1 saturated heterocycles. The van der Waals surface area contributed by atoms with Gasteiger partial charge in [-0.1, -0.05) is 30.3 Å². The third-order valence-corrected chi connectivity index (χ3v) is 3.95. The Hall–Kier alpha value is -1.15. The van der Waals surface area contributed by atoms with Crippen LogP contribution in [-0.4, -0.2) is 30.3 Å². The lowest BCUT2D eigenvalue weighted by molar-refractivity contribution is -0.122. The molecule has 0 atom stereocenters. The van der Waals surface area contributed by atoms with Crippen molar-refractivity contribution in [3.8, 4) is 0 Å². The lowest BCUT2D eigenvalue weighted by Gasteiger charge is -2.30. The van der Waals surface area contributed by atoms with E-state index in [-0.39, 0.29) is 0 Å². The van der Waals surface area contributed by atoms with Crippen molar-refractivity contribution in [1.82, 2.24) is 4.90 Å². The Morgan fingerprint density at radius 3 is 2.50 bits per heavy atom. The van der Waals surface area contributed by atoms with Crippen LogP contribution in [0.4, 0.5) is 0 Å². The number of rotatable bonds is 5. The minimum absolute atomic E-state index is 0.329. The number of carbonyl (C=O) groups excluding carboxylic acids is 1. The van der Waals surface area contributed by atoms with Gasteiger partial charge in [-0.25, -0.2) is 0 Å². The van der Waals surface area contributed by atoms with Gasteiger partial charge in [-0.05, 0) is 57.8 Å². The average Bonchev–Trinajstić information content (AvgIpc) is 2.40. The zero-order chi connectivity index (χ0) is 12.8. The van der Waals surface area contributed by atoms with Crippen molar-refractivity contribution in [2.75, 3.05) is 19.6 Å². The number of carbonyl (C=O) groups is 1. The largest absolute Gasteiger partial charge is 0.303 e. The summed E-state index contributed by atoms with van der Waals surface area (Å²) in [6.45, 7) is 5.09. The standard InChI is InChI=1S/C16H23NO/c1-14(18)16-9-12-17(13-10-16)11-5-8-15-6-3-2-4-7-15/h2-4,6-7,16H,5,8-13H2,1H3. The molecule has 1 heterocycles. The fourth-order valence-electron chi connectivity index (χ4n) is 2.71. The van der Waals surface area contributed by atoms with Gasteiger partial charge in [-0.15, -0.1) is 0 Å². The smallest absolute Gasteiger partial charge is 0.133 e. The van der Waals surface area contributed by atoms with Gasteiger partial charge in [0.2, 0.25) is 0 Å². The highest BCUT2D eigenvalue weighted by Gasteiger charge is 2.21. The molecule has 2 rings (SSSR count). The maximum absolute atomic E-state index is 11.3. The Labute approximate surface area is 110 Å². The minimum Gasteiger partial charge on any atom is -0.303 e. The molecule has 1 aromatic rings. The fourth-order valence-corrected chi connectivity index (χ4v) is 2.71. The van der Waals surface area contributed by atoms with Crippen molar-refractivity contribution in [2.24, 2.45) is 5.92 Å². The lowest BCUT2D eigenvalue weighted by Crippen LogP contribution is -2.36. The summed E-state index contributed by atoms with van der Waals surface area (Å²) in [7, 11) is 0. The number of benzene rings is 1. The van der Waals surface area contributed by atoms with E-state index in [2.05, 4.69) is 35.2 Å². The van der Waals surface area contributed by atoms with Crippen LogP contribution in [0.1, 0.15) is 31.7 Å². The van der Waals surface area contributed by atoms with E-state index < -0.39 is 0 Å². The number of Topliss-reactive ketones (excluding diaryl/α,β-unsaturated/α-hetero) is 1. The summed E-state index contributed by atoms with van der Waals surface area (Å²) in [5.41, 5.74) is 1.43. The minimum atomic E-state index is 0.329. The Morgan fingerprint density at radius 1 is 1.22 bits per heavy atom. The SMILES string of the molecule is CC(=O)C1CCN(CCCc2ccccc2)CC1. The molecule has 0 spiro atoms. The van der Waals surface area contributed by atoms with Crippen LogP contribution in [0, 0.1) is 5.92 Å². The first-order valence-corrected chi connectivity index (χ1v) is 7.02. The third kappa shape index (κ3) is 3.95. The molecule has 1 aromatic carbocycles. The zero-order valence-corrected chi connectivity index (χ0v) is 11.3. The van der Waals surface area contributed by atoms with Crippen molar-refractivity contribution in [1.29, 1.82) is 0 Å². The van der Waals surface area contributed by atoms with E-state index in [4.69, 9.17) is 0 Å². The molecule has 98 valence electrons. The van der Waals surface area contributed by atoms with Gasteiger partial charge in [0, 0.05) is 5.92 Å². The van der Waals surface area contributed by atoms with Gasteiger partial charge in [0.15, 0.2) is 0 Å². The maximum atomic E-state index is 11.3. The summed E-state index contributed by atoms with van der Waals surface area (Å²) in [6, 6.07) is 10.7. The Balaban J connectivity index is 1.65. The number of ketones is 1. The highest BCUT2D eigenvalue weighted by Crippen LogP contribution is 2.18. The second kappa shape index (κ2) is 6.69. The van der Waals surface area contributed by atoms with Crippen LogP contribution in [0.25, 0.3) is 0 Å². The highest BCUT2D eigenvalue weighted by atomic mass is 16.1. The van der Waals surface area contributed by atoms with Gasteiger partial charge in [-0.3, -0.25) is 4.79 Å². The number of nitrogens with zero attached hydrogens (tertiary/aromatic N) is 1. The van der Waals surface area contributed by atoms with Crippen LogP contribution in [0.2, 0.25) is 0 Å². The summed E-state index contributed by atoms with van der Waals surface area (Å²) in [4.78, 5) is 13.8. The number of piperidine rings is 1. The van der Waals surface area contributed by atoms with Crippen LogP contribution >= 0.6 is 0 Å². The molecule has 0 amide bonds. The third-order valence-electron chi connectivity index (χ3n) is 3.95. The van der Waals surface area contributed by atoms with Gasteiger partial charge < -0.3 is 4.90 Å². The molecule has 2 nitrogen and oxygen atoms in total. The first-order valence-electron chi connectivity index (χ1n) is 7.02. The zero-order valence-electron chi connectivity index (χ0n) is 11.3. The molecule has 1 aliphatic heterocycles. The summed E-state index contributed by atoms with van der Waals surface area (Å²) in [5, 5.41) is 0. The van der Waals surface area contributed by atoms with E-state index in [1.807, 2.05) is 0 Å². The van der Waals surface area contributed by atoms with Gasteiger partial charge in [-0.2, -0.15) is 0 Å². The van der Waals surface area contributed by atoms with Crippen LogP contribution in [0.15, 0.2) is 30.3 Å². The molecule has 1 aliphatic rings. The maximum Gasteiger partial charge on any atom is 0.133 e.